The maximum absolute atomic E-state index is 11.6. The van der Waals surface area contributed by atoms with Gasteiger partial charge in [0.1, 0.15) is 5.78 Å². The standard InChI is InChI=1S/C12H16INO/c1-9(8-14)6-12(15)7-10-2-4-11(13)5-3-10/h2-5,9H,6-8,14H2,1H3. The van der Waals surface area contributed by atoms with Crippen molar-refractivity contribution < 1.29 is 4.79 Å². The number of nitrogens with two attached hydrogens (primary N) is 1. The van der Waals surface area contributed by atoms with E-state index in [0.717, 1.165) is 5.56 Å². The van der Waals surface area contributed by atoms with Gasteiger partial charge in [-0.3, -0.25) is 4.79 Å². The summed E-state index contributed by atoms with van der Waals surface area (Å²) in [5.41, 5.74) is 6.57. The Labute approximate surface area is 104 Å². The maximum atomic E-state index is 11.6. The summed E-state index contributed by atoms with van der Waals surface area (Å²) < 4.78 is 1.19. The quantitative estimate of drug-likeness (QED) is 0.848. The van der Waals surface area contributed by atoms with Crippen LogP contribution in [0.5, 0.6) is 0 Å². The Morgan fingerprint density at radius 2 is 2.00 bits per heavy atom. The number of benzene rings is 1. The molecule has 0 aliphatic rings. The van der Waals surface area contributed by atoms with E-state index in [0.29, 0.717) is 25.3 Å². The van der Waals surface area contributed by atoms with Crippen LogP contribution >= 0.6 is 22.6 Å². The summed E-state index contributed by atoms with van der Waals surface area (Å²) in [5, 5.41) is 0. The van der Waals surface area contributed by atoms with Crippen molar-refractivity contribution in [3.63, 3.8) is 0 Å². The van der Waals surface area contributed by atoms with E-state index in [1.807, 2.05) is 31.2 Å². The van der Waals surface area contributed by atoms with Crippen LogP contribution in [0.25, 0.3) is 0 Å². The van der Waals surface area contributed by atoms with Crippen LogP contribution < -0.4 is 5.73 Å². The molecule has 2 nitrogen and oxygen atoms in total. The van der Waals surface area contributed by atoms with Gasteiger partial charge in [-0.2, -0.15) is 0 Å². The summed E-state index contributed by atoms with van der Waals surface area (Å²) in [6, 6.07) is 8.06. The summed E-state index contributed by atoms with van der Waals surface area (Å²) in [5.74, 6) is 0.565. The molecule has 1 unspecified atom stereocenters. The summed E-state index contributed by atoms with van der Waals surface area (Å²) in [7, 11) is 0. The fraction of sp³-hybridized carbons (Fsp3) is 0.417. The predicted molar refractivity (Wildman–Crippen MR) is 70.7 cm³/mol. The van der Waals surface area contributed by atoms with Crippen LogP contribution in [0.4, 0.5) is 0 Å². The lowest BCUT2D eigenvalue weighted by atomic mass is 10.00. The van der Waals surface area contributed by atoms with Crippen LogP contribution in [-0.2, 0) is 11.2 Å². The second-order valence-electron chi connectivity index (χ2n) is 3.89. The molecule has 15 heavy (non-hydrogen) atoms. The average molecular weight is 317 g/mol. The van der Waals surface area contributed by atoms with Crippen molar-refractivity contribution in [3.05, 3.63) is 33.4 Å². The van der Waals surface area contributed by atoms with Crippen molar-refractivity contribution in [2.45, 2.75) is 19.8 Å². The van der Waals surface area contributed by atoms with E-state index in [1.54, 1.807) is 0 Å². The van der Waals surface area contributed by atoms with Gasteiger partial charge in [-0.25, -0.2) is 0 Å². The van der Waals surface area contributed by atoms with Gasteiger partial charge >= 0.3 is 0 Å². The number of carbonyl (C=O) groups excluding carboxylic acids is 1. The Hall–Kier alpha value is -0.420. The molecule has 0 aliphatic heterocycles. The Bertz CT molecular complexity index is 321. The SMILES string of the molecule is CC(CN)CC(=O)Cc1ccc(I)cc1. The molecule has 0 saturated carbocycles. The lowest BCUT2D eigenvalue weighted by Crippen LogP contribution is -2.16. The molecule has 1 rings (SSSR count). The van der Waals surface area contributed by atoms with E-state index in [1.165, 1.54) is 3.57 Å². The molecular formula is C12H16INO. The first-order chi connectivity index (χ1) is 7.11. The highest BCUT2D eigenvalue weighted by molar-refractivity contribution is 14.1. The average Bonchev–Trinajstić information content (AvgIpc) is 2.21. The number of Topliss-reactive ketones (excluding diaryl/α,β-unsaturated/α-hetero) is 1. The van der Waals surface area contributed by atoms with Crippen LogP contribution in [0, 0.1) is 9.49 Å². The molecule has 3 heteroatoms. The van der Waals surface area contributed by atoms with Crippen LogP contribution in [0.15, 0.2) is 24.3 Å². The fourth-order valence-electron chi connectivity index (χ4n) is 1.37. The summed E-state index contributed by atoms with van der Waals surface area (Å²) in [4.78, 5) is 11.6. The Morgan fingerprint density at radius 1 is 1.40 bits per heavy atom. The molecule has 0 aliphatic carbocycles. The number of rotatable bonds is 5. The van der Waals surface area contributed by atoms with Gasteiger partial charge in [0.2, 0.25) is 0 Å². The maximum Gasteiger partial charge on any atom is 0.137 e. The lowest BCUT2D eigenvalue weighted by Gasteiger charge is -2.07. The van der Waals surface area contributed by atoms with Gasteiger partial charge in [0.15, 0.2) is 0 Å². The first kappa shape index (κ1) is 12.6. The van der Waals surface area contributed by atoms with Crippen LogP contribution in [0.2, 0.25) is 0 Å². The Morgan fingerprint density at radius 3 is 2.53 bits per heavy atom. The van der Waals surface area contributed by atoms with Crippen LogP contribution in [0.3, 0.4) is 0 Å². The first-order valence-electron chi connectivity index (χ1n) is 5.08. The van der Waals surface area contributed by atoms with Gasteiger partial charge in [-0.1, -0.05) is 19.1 Å². The highest BCUT2D eigenvalue weighted by Crippen LogP contribution is 2.10. The van der Waals surface area contributed by atoms with E-state index in [2.05, 4.69) is 22.6 Å². The second kappa shape index (κ2) is 6.23. The normalized spacial score (nSPS) is 12.5. The van der Waals surface area contributed by atoms with E-state index in [-0.39, 0.29) is 5.78 Å². The van der Waals surface area contributed by atoms with Gasteiger partial charge in [-0.05, 0) is 52.7 Å². The van der Waals surface area contributed by atoms with E-state index in [4.69, 9.17) is 5.73 Å². The molecule has 1 aromatic carbocycles. The molecule has 82 valence electrons. The van der Waals surface area contributed by atoms with Gasteiger partial charge < -0.3 is 5.73 Å². The lowest BCUT2D eigenvalue weighted by molar-refractivity contribution is -0.119. The number of halogens is 1. The molecule has 0 spiro atoms. The number of ketones is 1. The van der Waals surface area contributed by atoms with Crippen molar-refractivity contribution in [1.82, 2.24) is 0 Å². The van der Waals surface area contributed by atoms with Gasteiger partial charge in [0.25, 0.3) is 0 Å². The Balaban J connectivity index is 2.48. The smallest absolute Gasteiger partial charge is 0.137 e. The summed E-state index contributed by atoms with van der Waals surface area (Å²) in [6.07, 6.45) is 1.11. The van der Waals surface area contributed by atoms with Crippen molar-refractivity contribution in [1.29, 1.82) is 0 Å². The first-order valence-corrected chi connectivity index (χ1v) is 6.16. The number of carbonyl (C=O) groups is 1. The van der Waals surface area contributed by atoms with Gasteiger partial charge in [-0.15, -0.1) is 0 Å². The van der Waals surface area contributed by atoms with Gasteiger partial charge in [0.05, 0.1) is 0 Å². The molecule has 0 amide bonds. The molecule has 0 bridgehead atoms. The van der Waals surface area contributed by atoms with E-state index < -0.39 is 0 Å². The Kier molecular flexibility index (Phi) is 5.25. The predicted octanol–water partition coefficient (Wildman–Crippen LogP) is 2.39. The monoisotopic (exact) mass is 317 g/mol. The third-order valence-electron chi connectivity index (χ3n) is 2.29. The van der Waals surface area contributed by atoms with Crippen molar-refractivity contribution in [2.24, 2.45) is 11.7 Å². The molecule has 1 atom stereocenters. The van der Waals surface area contributed by atoms with Crippen LogP contribution in [-0.4, -0.2) is 12.3 Å². The highest BCUT2D eigenvalue weighted by Gasteiger charge is 2.08. The molecular weight excluding hydrogens is 301 g/mol. The molecule has 0 heterocycles. The van der Waals surface area contributed by atoms with Crippen molar-refractivity contribution >= 4 is 28.4 Å². The topological polar surface area (TPSA) is 43.1 Å². The van der Waals surface area contributed by atoms with Crippen molar-refractivity contribution in [2.75, 3.05) is 6.54 Å². The summed E-state index contributed by atoms with van der Waals surface area (Å²) in [6.45, 7) is 2.59. The molecule has 2 N–H and O–H groups in total. The third kappa shape index (κ3) is 4.75. The zero-order chi connectivity index (χ0) is 11.3. The van der Waals surface area contributed by atoms with E-state index >= 15 is 0 Å². The van der Waals surface area contributed by atoms with E-state index in [9.17, 15) is 4.79 Å². The number of hydrogen-bond acceptors (Lipinski definition) is 2. The summed E-state index contributed by atoms with van der Waals surface area (Å²) >= 11 is 2.25. The zero-order valence-corrected chi connectivity index (χ0v) is 11.0. The molecule has 1 aromatic rings. The molecule has 0 fully saturated rings. The second-order valence-corrected chi connectivity index (χ2v) is 5.13. The molecule has 0 saturated heterocycles. The minimum atomic E-state index is 0.272. The van der Waals surface area contributed by atoms with Crippen LogP contribution in [0.1, 0.15) is 18.9 Å². The van der Waals surface area contributed by atoms with Crippen molar-refractivity contribution in [3.8, 4) is 0 Å². The zero-order valence-electron chi connectivity index (χ0n) is 8.87. The number of hydrogen-bond donors (Lipinski definition) is 1. The van der Waals surface area contributed by atoms with Gasteiger partial charge in [0, 0.05) is 16.4 Å². The highest BCUT2D eigenvalue weighted by atomic mass is 127. The minimum absolute atomic E-state index is 0.272. The minimum Gasteiger partial charge on any atom is -0.330 e. The largest absolute Gasteiger partial charge is 0.330 e. The third-order valence-corrected chi connectivity index (χ3v) is 3.01. The molecule has 0 radical (unpaired) electrons. The fourth-order valence-corrected chi connectivity index (χ4v) is 1.73. The molecule has 0 aromatic heterocycles.